The van der Waals surface area contributed by atoms with Crippen molar-refractivity contribution in [2.75, 3.05) is 6.54 Å². The molecule has 0 fully saturated rings. The van der Waals surface area contributed by atoms with E-state index in [1.165, 1.54) is 4.31 Å². The zero-order chi connectivity index (χ0) is 9.90. The predicted molar refractivity (Wildman–Crippen MR) is 50.8 cm³/mol. The molecule has 13 heavy (non-hydrogen) atoms. The zero-order valence-electron chi connectivity index (χ0n) is 7.94. The van der Waals surface area contributed by atoms with Crippen molar-refractivity contribution in [1.82, 2.24) is 4.31 Å². The molecule has 0 aromatic heterocycles. The number of amides is 1. The fourth-order valence-corrected chi connectivity index (χ4v) is 1.18. The van der Waals surface area contributed by atoms with Crippen molar-refractivity contribution in [1.29, 1.82) is 0 Å². The molecule has 0 radical (unpaired) electrons. The summed E-state index contributed by atoms with van der Waals surface area (Å²) in [4.78, 5) is 11.4. The molecule has 0 atom stereocenters. The van der Waals surface area contributed by atoms with Crippen LogP contribution in [0.25, 0.3) is 0 Å². The number of carbonyl (C=O) groups excluding carboxylic acids is 1. The lowest BCUT2D eigenvalue weighted by Gasteiger charge is -2.25. The average Bonchev–Trinajstić information content (AvgIpc) is 2.03. The Bertz CT molecular complexity index is 222. The van der Waals surface area contributed by atoms with E-state index < -0.39 is 5.60 Å². The molecule has 1 amide bonds. The number of nitrogens with zero attached hydrogens (tertiary/aromatic N) is 1. The summed E-state index contributed by atoms with van der Waals surface area (Å²) in [5.74, 6) is 0. The van der Waals surface area contributed by atoms with Gasteiger partial charge in [-0.05, 0) is 26.8 Å². The van der Waals surface area contributed by atoms with E-state index in [1.54, 1.807) is 12.3 Å². The summed E-state index contributed by atoms with van der Waals surface area (Å²) >= 11 is 0.984. The Hall–Kier alpha value is -0.840. The molecule has 1 aliphatic rings. The first kappa shape index (κ1) is 10.2. The van der Waals surface area contributed by atoms with Crippen LogP contribution in [0, 0.1) is 0 Å². The van der Waals surface area contributed by atoms with E-state index in [9.17, 15) is 4.79 Å². The fraction of sp³-hybridized carbons (Fsp3) is 0.625. The summed E-state index contributed by atoms with van der Waals surface area (Å²) in [6.45, 7) is 6.00. The first-order chi connectivity index (χ1) is 5.99. The normalized spacial score (nSPS) is 16.7. The molecular formula is C8H13NO3S. The van der Waals surface area contributed by atoms with Crippen molar-refractivity contribution in [3.63, 3.8) is 0 Å². The van der Waals surface area contributed by atoms with Crippen LogP contribution < -0.4 is 0 Å². The van der Waals surface area contributed by atoms with Crippen LogP contribution in [0.1, 0.15) is 20.8 Å². The van der Waals surface area contributed by atoms with Crippen molar-refractivity contribution < 1.29 is 13.7 Å². The molecule has 0 aromatic rings. The topological polar surface area (TPSA) is 38.8 Å². The number of carbonyl (C=O) groups is 1. The van der Waals surface area contributed by atoms with Gasteiger partial charge in [-0.1, -0.05) is 0 Å². The molecule has 1 rings (SSSR count). The van der Waals surface area contributed by atoms with Crippen LogP contribution in [-0.4, -0.2) is 22.5 Å². The van der Waals surface area contributed by atoms with Crippen LogP contribution in [0.3, 0.4) is 0 Å². The second-order valence-electron chi connectivity index (χ2n) is 3.58. The van der Waals surface area contributed by atoms with Crippen molar-refractivity contribution in [2.45, 2.75) is 26.4 Å². The highest BCUT2D eigenvalue weighted by Gasteiger charge is 2.23. The zero-order valence-corrected chi connectivity index (χ0v) is 8.76. The van der Waals surface area contributed by atoms with Crippen LogP contribution >= 0.6 is 12.2 Å². The van der Waals surface area contributed by atoms with Gasteiger partial charge in [0.05, 0.1) is 6.54 Å². The van der Waals surface area contributed by atoms with Crippen molar-refractivity contribution >= 4 is 18.3 Å². The van der Waals surface area contributed by atoms with Gasteiger partial charge in [0, 0.05) is 0 Å². The summed E-state index contributed by atoms with van der Waals surface area (Å²) in [5.41, 5.74) is -0.460. The maximum atomic E-state index is 11.4. The minimum absolute atomic E-state index is 0.373. The van der Waals surface area contributed by atoms with Crippen LogP contribution in [-0.2, 0) is 8.92 Å². The molecule has 0 saturated heterocycles. The number of hydrogen-bond donors (Lipinski definition) is 0. The standard InChI is InChI=1S/C8H13NO3S/c1-8(2,3)12-7(10)9-5-4-6-11-13-9/h4,6H,5H2,1-3H3. The van der Waals surface area contributed by atoms with Gasteiger partial charge >= 0.3 is 6.09 Å². The molecule has 5 heteroatoms. The minimum Gasteiger partial charge on any atom is -0.443 e. The lowest BCUT2D eigenvalue weighted by Crippen LogP contribution is -2.33. The largest absolute Gasteiger partial charge is 0.443 e. The van der Waals surface area contributed by atoms with Gasteiger partial charge in [0.2, 0.25) is 0 Å². The molecule has 0 N–H and O–H groups in total. The first-order valence-electron chi connectivity index (χ1n) is 3.98. The number of hydrogen-bond acceptors (Lipinski definition) is 4. The van der Waals surface area contributed by atoms with Crippen molar-refractivity contribution in [3.05, 3.63) is 12.3 Å². The van der Waals surface area contributed by atoms with Gasteiger partial charge in [0.1, 0.15) is 11.9 Å². The first-order valence-corrected chi connectivity index (χ1v) is 4.68. The number of rotatable bonds is 0. The highest BCUT2D eigenvalue weighted by atomic mass is 32.2. The van der Waals surface area contributed by atoms with Crippen LogP contribution in [0.4, 0.5) is 4.79 Å². The smallest absolute Gasteiger partial charge is 0.423 e. The maximum Gasteiger partial charge on any atom is 0.423 e. The Kier molecular flexibility index (Phi) is 3.08. The Labute approximate surface area is 82.2 Å². The van der Waals surface area contributed by atoms with Crippen molar-refractivity contribution in [2.24, 2.45) is 0 Å². The molecule has 0 unspecified atom stereocenters. The van der Waals surface area contributed by atoms with Gasteiger partial charge in [0.15, 0.2) is 12.2 Å². The molecule has 0 saturated carbocycles. The Morgan fingerprint density at radius 2 is 2.31 bits per heavy atom. The van der Waals surface area contributed by atoms with Crippen molar-refractivity contribution in [3.8, 4) is 0 Å². The molecular weight excluding hydrogens is 190 g/mol. The average molecular weight is 203 g/mol. The monoisotopic (exact) mass is 203 g/mol. The van der Waals surface area contributed by atoms with E-state index >= 15 is 0 Å². The van der Waals surface area contributed by atoms with E-state index in [4.69, 9.17) is 8.92 Å². The van der Waals surface area contributed by atoms with Crippen LogP contribution in [0.2, 0.25) is 0 Å². The summed E-state index contributed by atoms with van der Waals surface area (Å²) in [5, 5.41) is 0. The lowest BCUT2D eigenvalue weighted by atomic mass is 10.2. The number of ether oxygens (including phenoxy) is 1. The molecule has 1 heterocycles. The summed E-state index contributed by atoms with van der Waals surface area (Å²) in [6, 6.07) is 0. The third-order valence-electron chi connectivity index (χ3n) is 1.15. The SMILES string of the molecule is CC(C)(C)OC(=O)N1CC=COS1. The Morgan fingerprint density at radius 3 is 2.77 bits per heavy atom. The second kappa shape index (κ2) is 3.91. The predicted octanol–water partition coefficient (Wildman–Crippen LogP) is 2.33. The van der Waals surface area contributed by atoms with Gasteiger partial charge < -0.3 is 8.92 Å². The highest BCUT2D eigenvalue weighted by molar-refractivity contribution is 7.92. The van der Waals surface area contributed by atoms with Crippen LogP contribution in [0.15, 0.2) is 12.3 Å². The van der Waals surface area contributed by atoms with Gasteiger partial charge in [-0.25, -0.2) is 9.10 Å². The van der Waals surface area contributed by atoms with E-state index in [1.807, 2.05) is 20.8 Å². The summed E-state index contributed by atoms with van der Waals surface area (Å²) < 4.78 is 11.4. The molecule has 0 bridgehead atoms. The minimum atomic E-state index is -0.460. The quantitative estimate of drug-likeness (QED) is 0.447. The maximum absolute atomic E-state index is 11.4. The molecule has 4 nitrogen and oxygen atoms in total. The van der Waals surface area contributed by atoms with E-state index in [2.05, 4.69) is 0 Å². The second-order valence-corrected chi connectivity index (χ2v) is 4.37. The van der Waals surface area contributed by atoms with Gasteiger partial charge in [-0.3, -0.25) is 0 Å². The molecule has 0 spiro atoms. The molecule has 1 aliphatic heterocycles. The molecule has 0 aromatic carbocycles. The molecule has 74 valence electrons. The third-order valence-corrected chi connectivity index (χ3v) is 1.83. The van der Waals surface area contributed by atoms with E-state index in [0.717, 1.165) is 12.2 Å². The Balaban J connectivity index is 2.43. The van der Waals surface area contributed by atoms with E-state index in [-0.39, 0.29) is 6.09 Å². The Morgan fingerprint density at radius 1 is 1.62 bits per heavy atom. The lowest BCUT2D eigenvalue weighted by molar-refractivity contribution is 0.0406. The van der Waals surface area contributed by atoms with Gasteiger partial charge in [-0.2, -0.15) is 0 Å². The fourth-order valence-electron chi connectivity index (χ4n) is 0.703. The van der Waals surface area contributed by atoms with Gasteiger partial charge in [-0.15, -0.1) is 0 Å². The summed E-state index contributed by atoms with van der Waals surface area (Å²) in [6.07, 6.45) is 2.92. The van der Waals surface area contributed by atoms with E-state index in [0.29, 0.717) is 6.54 Å². The van der Waals surface area contributed by atoms with Gasteiger partial charge in [0.25, 0.3) is 0 Å². The third kappa shape index (κ3) is 3.59. The molecule has 0 aliphatic carbocycles. The summed E-state index contributed by atoms with van der Waals surface area (Å²) in [7, 11) is 0. The van der Waals surface area contributed by atoms with Crippen LogP contribution in [0.5, 0.6) is 0 Å². The highest BCUT2D eigenvalue weighted by Crippen LogP contribution is 2.20.